The molecule has 0 aliphatic carbocycles. The van der Waals surface area contributed by atoms with Crippen molar-refractivity contribution in [3.63, 3.8) is 0 Å². The molecule has 0 radical (unpaired) electrons. The molecule has 5 heteroatoms. The van der Waals surface area contributed by atoms with E-state index < -0.39 is 0 Å². The van der Waals surface area contributed by atoms with Crippen LogP contribution in [0.15, 0.2) is 16.6 Å². The van der Waals surface area contributed by atoms with E-state index in [0.717, 1.165) is 16.5 Å². The van der Waals surface area contributed by atoms with E-state index >= 15 is 0 Å². The zero-order valence-electron chi connectivity index (χ0n) is 11.5. The van der Waals surface area contributed by atoms with Gasteiger partial charge in [-0.05, 0) is 40.0 Å². The van der Waals surface area contributed by atoms with E-state index in [1.165, 1.54) is 0 Å². The number of halogens is 1. The van der Waals surface area contributed by atoms with Crippen LogP contribution in [0.4, 0.5) is 0 Å². The number of nitrogens with one attached hydrogen (secondary N) is 1. The summed E-state index contributed by atoms with van der Waals surface area (Å²) in [7, 11) is 3.23. The fraction of sp³-hybridized carbons (Fsp3) is 0.500. The van der Waals surface area contributed by atoms with E-state index in [0.29, 0.717) is 24.5 Å². The van der Waals surface area contributed by atoms with Gasteiger partial charge in [-0.3, -0.25) is 0 Å². The van der Waals surface area contributed by atoms with Gasteiger partial charge in [-0.15, -0.1) is 0 Å². The van der Waals surface area contributed by atoms with Crippen LogP contribution < -0.4 is 14.8 Å². The third-order valence-corrected chi connectivity index (χ3v) is 3.51. The minimum Gasteiger partial charge on any atom is -0.493 e. The molecule has 4 nitrogen and oxygen atoms in total. The third-order valence-electron chi connectivity index (χ3n) is 2.92. The minimum atomic E-state index is 0.219. The summed E-state index contributed by atoms with van der Waals surface area (Å²) in [4.78, 5) is 0. The van der Waals surface area contributed by atoms with Gasteiger partial charge >= 0.3 is 0 Å². The lowest BCUT2D eigenvalue weighted by atomic mass is 10.1. The van der Waals surface area contributed by atoms with Crippen molar-refractivity contribution in [2.24, 2.45) is 0 Å². The maximum Gasteiger partial charge on any atom is 0.174 e. The second-order valence-electron chi connectivity index (χ2n) is 4.16. The van der Waals surface area contributed by atoms with Crippen molar-refractivity contribution in [3.8, 4) is 17.6 Å². The molecule has 0 spiro atoms. The Hall–Kier alpha value is -1.25. The van der Waals surface area contributed by atoms with E-state index in [4.69, 9.17) is 14.7 Å². The largest absolute Gasteiger partial charge is 0.493 e. The van der Waals surface area contributed by atoms with Crippen LogP contribution >= 0.6 is 15.9 Å². The second kappa shape index (κ2) is 8.03. The molecule has 1 aromatic rings. The van der Waals surface area contributed by atoms with Gasteiger partial charge in [-0.25, -0.2) is 0 Å². The number of hydrogen-bond donors (Lipinski definition) is 1. The lowest BCUT2D eigenvalue weighted by Crippen LogP contribution is -2.27. The summed E-state index contributed by atoms with van der Waals surface area (Å²) < 4.78 is 11.4. The Morgan fingerprint density at radius 2 is 2.11 bits per heavy atom. The molecule has 0 saturated carbocycles. The quantitative estimate of drug-likeness (QED) is 0.835. The van der Waals surface area contributed by atoms with Crippen molar-refractivity contribution in [2.75, 3.05) is 14.2 Å². The molecule has 0 bridgehead atoms. The maximum absolute atomic E-state index is 8.73. The highest BCUT2D eigenvalue weighted by Crippen LogP contribution is 2.36. The SMILES string of the molecule is CCC(CC#N)NCc1cc(Br)c(OC)c(OC)c1. The zero-order valence-corrected chi connectivity index (χ0v) is 13.1. The Morgan fingerprint density at radius 1 is 1.37 bits per heavy atom. The summed E-state index contributed by atoms with van der Waals surface area (Å²) in [6.45, 7) is 2.76. The van der Waals surface area contributed by atoms with Gasteiger partial charge in [0, 0.05) is 12.6 Å². The second-order valence-corrected chi connectivity index (χ2v) is 5.02. The Morgan fingerprint density at radius 3 is 2.63 bits per heavy atom. The molecule has 1 N–H and O–H groups in total. The van der Waals surface area contributed by atoms with Crippen LogP contribution in [-0.2, 0) is 6.54 Å². The van der Waals surface area contributed by atoms with E-state index in [1.807, 2.05) is 12.1 Å². The summed E-state index contributed by atoms with van der Waals surface area (Å²) >= 11 is 3.47. The summed E-state index contributed by atoms with van der Waals surface area (Å²) in [5, 5.41) is 12.1. The normalized spacial score (nSPS) is 11.7. The Labute approximate surface area is 122 Å². The third kappa shape index (κ3) is 4.41. The van der Waals surface area contributed by atoms with Crippen molar-refractivity contribution in [1.82, 2.24) is 5.32 Å². The van der Waals surface area contributed by atoms with E-state index in [9.17, 15) is 0 Å². The van der Waals surface area contributed by atoms with Crippen LogP contribution in [0.3, 0.4) is 0 Å². The minimum absolute atomic E-state index is 0.219. The highest BCUT2D eigenvalue weighted by Gasteiger charge is 2.11. The van der Waals surface area contributed by atoms with Crippen LogP contribution in [0.5, 0.6) is 11.5 Å². The standard InChI is InChI=1S/C14H19BrN2O2/c1-4-11(5-6-16)17-9-10-7-12(15)14(19-3)13(8-10)18-2/h7-8,11,17H,4-5,9H2,1-3H3. The number of rotatable bonds is 7. The van der Waals surface area contributed by atoms with Gasteiger partial charge in [0.1, 0.15) is 0 Å². The predicted molar refractivity (Wildman–Crippen MR) is 78.4 cm³/mol. The lowest BCUT2D eigenvalue weighted by molar-refractivity contribution is 0.352. The van der Waals surface area contributed by atoms with Gasteiger partial charge in [0.25, 0.3) is 0 Å². The van der Waals surface area contributed by atoms with Gasteiger partial charge in [0.2, 0.25) is 0 Å². The molecule has 1 unspecified atom stereocenters. The first kappa shape index (κ1) is 15.8. The van der Waals surface area contributed by atoms with E-state index in [1.54, 1.807) is 14.2 Å². The smallest absolute Gasteiger partial charge is 0.174 e. The maximum atomic E-state index is 8.73. The molecule has 0 aromatic heterocycles. The van der Waals surface area contributed by atoms with Crippen LogP contribution in [0.1, 0.15) is 25.3 Å². The first-order valence-corrected chi connectivity index (χ1v) is 6.96. The van der Waals surface area contributed by atoms with Crippen molar-refractivity contribution in [3.05, 3.63) is 22.2 Å². The van der Waals surface area contributed by atoms with Crippen molar-refractivity contribution in [2.45, 2.75) is 32.4 Å². The number of hydrogen-bond acceptors (Lipinski definition) is 4. The molecule has 1 aromatic carbocycles. The molecule has 0 fully saturated rings. The summed E-state index contributed by atoms with van der Waals surface area (Å²) in [5.41, 5.74) is 1.08. The zero-order chi connectivity index (χ0) is 14.3. The molecule has 0 heterocycles. The molecule has 0 aliphatic heterocycles. The van der Waals surface area contributed by atoms with Gasteiger partial charge < -0.3 is 14.8 Å². The molecule has 104 valence electrons. The molecule has 0 saturated heterocycles. The van der Waals surface area contributed by atoms with Crippen LogP contribution in [0.2, 0.25) is 0 Å². The van der Waals surface area contributed by atoms with Crippen molar-refractivity contribution >= 4 is 15.9 Å². The lowest BCUT2D eigenvalue weighted by Gasteiger charge is -2.15. The summed E-state index contributed by atoms with van der Waals surface area (Å²) in [5.74, 6) is 1.39. The first-order valence-electron chi connectivity index (χ1n) is 6.16. The molecule has 19 heavy (non-hydrogen) atoms. The monoisotopic (exact) mass is 326 g/mol. The fourth-order valence-electron chi connectivity index (χ4n) is 1.81. The number of ether oxygens (including phenoxy) is 2. The Balaban J connectivity index is 2.79. The fourth-order valence-corrected chi connectivity index (χ4v) is 2.46. The molecule has 1 rings (SSSR count). The van der Waals surface area contributed by atoms with Gasteiger partial charge in [-0.2, -0.15) is 5.26 Å². The molecular formula is C14H19BrN2O2. The molecule has 0 amide bonds. The number of benzene rings is 1. The molecule has 1 atom stereocenters. The summed E-state index contributed by atoms with van der Waals surface area (Å²) in [6, 6.07) is 6.34. The first-order chi connectivity index (χ1) is 9.15. The topological polar surface area (TPSA) is 54.3 Å². The average molecular weight is 327 g/mol. The van der Waals surface area contributed by atoms with Crippen LogP contribution in [0, 0.1) is 11.3 Å². The average Bonchev–Trinajstić information content (AvgIpc) is 2.42. The highest BCUT2D eigenvalue weighted by molar-refractivity contribution is 9.10. The van der Waals surface area contributed by atoms with Crippen molar-refractivity contribution in [1.29, 1.82) is 5.26 Å². The number of nitriles is 1. The number of methoxy groups -OCH3 is 2. The molecular weight excluding hydrogens is 308 g/mol. The van der Waals surface area contributed by atoms with Crippen molar-refractivity contribution < 1.29 is 9.47 Å². The van der Waals surface area contributed by atoms with Gasteiger partial charge in [-0.1, -0.05) is 6.92 Å². The van der Waals surface area contributed by atoms with Crippen LogP contribution in [0.25, 0.3) is 0 Å². The predicted octanol–water partition coefficient (Wildman–Crippen LogP) is 3.25. The number of nitrogens with zero attached hydrogens (tertiary/aromatic N) is 1. The van der Waals surface area contributed by atoms with Crippen LogP contribution in [-0.4, -0.2) is 20.3 Å². The van der Waals surface area contributed by atoms with E-state index in [-0.39, 0.29) is 6.04 Å². The summed E-state index contributed by atoms with van der Waals surface area (Å²) in [6.07, 6.45) is 1.45. The van der Waals surface area contributed by atoms with E-state index in [2.05, 4.69) is 34.2 Å². The van der Waals surface area contributed by atoms with Gasteiger partial charge in [0.05, 0.1) is 31.2 Å². The Bertz CT molecular complexity index is 457. The Kier molecular flexibility index (Phi) is 6.68. The highest BCUT2D eigenvalue weighted by atomic mass is 79.9. The molecule has 0 aliphatic rings. The van der Waals surface area contributed by atoms with Gasteiger partial charge in [0.15, 0.2) is 11.5 Å².